The SMILES string of the molecule is Nc1cc(N)nc(SCc2cc(-c3ccccc3)no2)n1. The predicted molar refractivity (Wildman–Crippen MR) is 82.4 cm³/mol. The Balaban J connectivity index is 1.70. The lowest BCUT2D eigenvalue weighted by Crippen LogP contribution is -1.99. The van der Waals surface area contributed by atoms with Crippen molar-refractivity contribution in [3.8, 4) is 11.3 Å². The molecule has 21 heavy (non-hydrogen) atoms. The summed E-state index contributed by atoms with van der Waals surface area (Å²) in [6.07, 6.45) is 0. The van der Waals surface area contributed by atoms with E-state index in [0.717, 1.165) is 17.0 Å². The summed E-state index contributed by atoms with van der Waals surface area (Å²) in [7, 11) is 0. The Hall–Kier alpha value is -2.54. The van der Waals surface area contributed by atoms with Crippen molar-refractivity contribution in [2.24, 2.45) is 0 Å². The van der Waals surface area contributed by atoms with Crippen molar-refractivity contribution in [2.75, 3.05) is 11.5 Å². The maximum Gasteiger partial charge on any atom is 0.191 e. The lowest BCUT2D eigenvalue weighted by molar-refractivity contribution is 0.397. The van der Waals surface area contributed by atoms with Gasteiger partial charge in [0.05, 0.1) is 5.75 Å². The summed E-state index contributed by atoms with van der Waals surface area (Å²) in [6, 6.07) is 13.3. The molecule has 0 unspecified atom stereocenters. The average molecular weight is 299 g/mol. The van der Waals surface area contributed by atoms with Crippen molar-refractivity contribution in [1.29, 1.82) is 0 Å². The van der Waals surface area contributed by atoms with Crippen LogP contribution in [0.5, 0.6) is 0 Å². The van der Waals surface area contributed by atoms with Crippen molar-refractivity contribution in [2.45, 2.75) is 10.9 Å². The number of nitrogens with zero attached hydrogens (tertiary/aromatic N) is 3. The zero-order chi connectivity index (χ0) is 14.7. The minimum absolute atomic E-state index is 0.354. The largest absolute Gasteiger partial charge is 0.383 e. The van der Waals surface area contributed by atoms with Gasteiger partial charge in [-0.05, 0) is 0 Å². The third kappa shape index (κ3) is 3.32. The third-order valence-electron chi connectivity index (χ3n) is 2.72. The third-order valence-corrected chi connectivity index (χ3v) is 3.59. The van der Waals surface area contributed by atoms with Gasteiger partial charge in [0, 0.05) is 17.7 Å². The summed E-state index contributed by atoms with van der Waals surface area (Å²) >= 11 is 1.39. The molecule has 6 nitrogen and oxygen atoms in total. The van der Waals surface area contributed by atoms with E-state index in [1.54, 1.807) is 0 Å². The summed E-state index contributed by atoms with van der Waals surface area (Å²) in [5, 5.41) is 4.57. The molecule has 0 amide bonds. The first kappa shape index (κ1) is 13.4. The molecule has 0 aliphatic rings. The highest BCUT2D eigenvalue weighted by Crippen LogP contribution is 2.24. The van der Waals surface area contributed by atoms with Crippen LogP contribution in [0.1, 0.15) is 5.76 Å². The summed E-state index contributed by atoms with van der Waals surface area (Å²) in [5.74, 6) is 2.01. The number of rotatable bonds is 4. The van der Waals surface area contributed by atoms with Crippen molar-refractivity contribution in [3.63, 3.8) is 0 Å². The van der Waals surface area contributed by atoms with Crippen LogP contribution in [0.15, 0.2) is 52.1 Å². The molecule has 3 aromatic rings. The Bertz CT molecular complexity index is 724. The topological polar surface area (TPSA) is 104 Å². The zero-order valence-corrected chi connectivity index (χ0v) is 11.9. The minimum Gasteiger partial charge on any atom is -0.383 e. The van der Waals surface area contributed by atoms with Gasteiger partial charge in [-0.1, -0.05) is 47.3 Å². The van der Waals surface area contributed by atoms with Gasteiger partial charge >= 0.3 is 0 Å². The number of thioether (sulfide) groups is 1. The quantitative estimate of drug-likeness (QED) is 0.563. The van der Waals surface area contributed by atoms with Gasteiger partial charge in [0.15, 0.2) is 5.16 Å². The van der Waals surface area contributed by atoms with Gasteiger partial charge in [0.2, 0.25) is 0 Å². The molecule has 0 fully saturated rings. The van der Waals surface area contributed by atoms with E-state index in [1.165, 1.54) is 17.8 Å². The minimum atomic E-state index is 0.354. The molecular weight excluding hydrogens is 286 g/mol. The number of benzene rings is 1. The van der Waals surface area contributed by atoms with Crippen LogP contribution in [0.25, 0.3) is 11.3 Å². The van der Waals surface area contributed by atoms with Crippen LogP contribution in [-0.4, -0.2) is 15.1 Å². The van der Waals surface area contributed by atoms with E-state index in [0.29, 0.717) is 22.5 Å². The summed E-state index contributed by atoms with van der Waals surface area (Å²) < 4.78 is 5.31. The summed E-state index contributed by atoms with van der Waals surface area (Å²) in [4.78, 5) is 8.20. The second-order valence-electron chi connectivity index (χ2n) is 4.33. The Morgan fingerprint density at radius 1 is 1.00 bits per heavy atom. The molecule has 106 valence electrons. The highest BCUT2D eigenvalue weighted by atomic mass is 32.2. The molecule has 7 heteroatoms. The van der Waals surface area contributed by atoms with Crippen LogP contribution in [0.2, 0.25) is 0 Å². The first-order valence-corrected chi connectivity index (χ1v) is 7.23. The van der Waals surface area contributed by atoms with E-state index in [9.17, 15) is 0 Å². The van der Waals surface area contributed by atoms with Crippen LogP contribution < -0.4 is 11.5 Å². The van der Waals surface area contributed by atoms with E-state index in [2.05, 4.69) is 15.1 Å². The van der Waals surface area contributed by atoms with E-state index in [1.807, 2.05) is 36.4 Å². The molecular formula is C14H13N5OS. The lowest BCUT2D eigenvalue weighted by Gasteiger charge is -2.00. The molecule has 2 heterocycles. The van der Waals surface area contributed by atoms with Crippen molar-refractivity contribution in [1.82, 2.24) is 15.1 Å². The summed E-state index contributed by atoms with van der Waals surface area (Å²) in [5.41, 5.74) is 13.1. The van der Waals surface area contributed by atoms with E-state index in [4.69, 9.17) is 16.0 Å². The lowest BCUT2D eigenvalue weighted by atomic mass is 10.1. The molecule has 0 aliphatic carbocycles. The number of anilines is 2. The number of hydrogen-bond acceptors (Lipinski definition) is 7. The van der Waals surface area contributed by atoms with Crippen LogP contribution in [0.4, 0.5) is 11.6 Å². The van der Waals surface area contributed by atoms with Crippen molar-refractivity contribution in [3.05, 3.63) is 48.2 Å². The van der Waals surface area contributed by atoms with Crippen molar-refractivity contribution < 1.29 is 4.52 Å². The Morgan fingerprint density at radius 3 is 2.43 bits per heavy atom. The molecule has 0 aliphatic heterocycles. The maximum atomic E-state index is 5.63. The Morgan fingerprint density at radius 2 is 1.71 bits per heavy atom. The van der Waals surface area contributed by atoms with Gasteiger partial charge in [0.25, 0.3) is 0 Å². The van der Waals surface area contributed by atoms with Gasteiger partial charge < -0.3 is 16.0 Å². The molecule has 0 saturated heterocycles. The fraction of sp³-hybridized carbons (Fsp3) is 0.0714. The molecule has 2 aromatic heterocycles. The molecule has 0 radical (unpaired) electrons. The first-order valence-electron chi connectivity index (χ1n) is 6.24. The first-order chi connectivity index (χ1) is 10.2. The second kappa shape index (κ2) is 5.84. The van der Waals surface area contributed by atoms with Gasteiger partial charge in [-0.25, -0.2) is 9.97 Å². The van der Waals surface area contributed by atoms with Crippen molar-refractivity contribution >= 4 is 23.4 Å². The average Bonchev–Trinajstić information content (AvgIpc) is 2.94. The van der Waals surface area contributed by atoms with Gasteiger partial charge in [0.1, 0.15) is 23.1 Å². The number of nitrogen functional groups attached to an aromatic ring is 2. The van der Waals surface area contributed by atoms with Crippen LogP contribution in [0, 0.1) is 0 Å². The fourth-order valence-electron chi connectivity index (χ4n) is 1.79. The molecule has 0 atom stereocenters. The molecule has 0 bridgehead atoms. The number of nitrogens with two attached hydrogens (primary N) is 2. The molecule has 0 saturated carbocycles. The van der Waals surface area contributed by atoms with Gasteiger partial charge in [-0.15, -0.1) is 0 Å². The Labute approximate surface area is 125 Å². The molecule has 1 aromatic carbocycles. The van der Waals surface area contributed by atoms with E-state index in [-0.39, 0.29) is 0 Å². The predicted octanol–water partition coefficient (Wildman–Crippen LogP) is 2.59. The van der Waals surface area contributed by atoms with E-state index < -0.39 is 0 Å². The summed E-state index contributed by atoms with van der Waals surface area (Å²) in [6.45, 7) is 0. The smallest absolute Gasteiger partial charge is 0.191 e. The normalized spacial score (nSPS) is 10.7. The molecule has 4 N–H and O–H groups in total. The van der Waals surface area contributed by atoms with Crippen LogP contribution >= 0.6 is 11.8 Å². The zero-order valence-electron chi connectivity index (χ0n) is 11.1. The molecule has 3 rings (SSSR count). The molecule has 0 spiro atoms. The second-order valence-corrected chi connectivity index (χ2v) is 5.28. The maximum absolute atomic E-state index is 5.63. The van der Waals surface area contributed by atoms with Crippen LogP contribution in [-0.2, 0) is 5.75 Å². The highest BCUT2D eigenvalue weighted by Gasteiger charge is 2.08. The standard InChI is InChI=1S/C14H13N5OS/c15-12-7-13(16)18-14(17-12)21-8-10-6-11(19-20-10)9-4-2-1-3-5-9/h1-7H,8H2,(H4,15,16,17,18). The van der Waals surface area contributed by atoms with E-state index >= 15 is 0 Å². The fourth-order valence-corrected chi connectivity index (χ4v) is 2.54. The highest BCUT2D eigenvalue weighted by molar-refractivity contribution is 7.98. The van der Waals surface area contributed by atoms with Crippen LogP contribution in [0.3, 0.4) is 0 Å². The van der Waals surface area contributed by atoms with Gasteiger partial charge in [-0.2, -0.15) is 0 Å². The number of aromatic nitrogens is 3. The Kier molecular flexibility index (Phi) is 3.74. The van der Waals surface area contributed by atoms with Gasteiger partial charge in [-0.3, -0.25) is 0 Å². The number of hydrogen-bond donors (Lipinski definition) is 2. The monoisotopic (exact) mass is 299 g/mol.